The van der Waals surface area contributed by atoms with Crippen LogP contribution in [-0.4, -0.2) is 60.9 Å². The average Bonchev–Trinajstić information content (AvgIpc) is 2.71. The van der Waals surface area contributed by atoms with Gasteiger partial charge >= 0.3 is 0 Å². The van der Waals surface area contributed by atoms with Crippen molar-refractivity contribution in [3.8, 4) is 0 Å². The molecule has 0 saturated carbocycles. The maximum atomic E-state index is 12.8. The first-order chi connectivity index (χ1) is 14.3. The van der Waals surface area contributed by atoms with Crippen molar-refractivity contribution < 1.29 is 9.64 Å². The summed E-state index contributed by atoms with van der Waals surface area (Å²) in [5.74, 6) is 0.504. The molecule has 1 aliphatic rings. The third-order valence-electron chi connectivity index (χ3n) is 5.62. The number of aromatic nitrogens is 1. The second-order valence-corrected chi connectivity index (χ2v) is 9.17. The lowest BCUT2D eigenvalue weighted by molar-refractivity contribution is -0.907. The summed E-state index contributed by atoms with van der Waals surface area (Å²) in [5.41, 5.74) is 3.91. The average molecular weight is 432 g/mol. The summed E-state index contributed by atoms with van der Waals surface area (Å²) in [6, 6.07) is 6.24. The molecule has 3 rings (SSSR count). The number of hydrogen-bond donors (Lipinski definition) is 3. The van der Waals surface area contributed by atoms with Gasteiger partial charge in [-0.3, -0.25) is 4.79 Å². The molecular weight excluding hydrogens is 396 g/mol. The first-order valence-corrected chi connectivity index (χ1v) is 11.3. The van der Waals surface area contributed by atoms with E-state index in [0.29, 0.717) is 12.5 Å². The van der Waals surface area contributed by atoms with Crippen molar-refractivity contribution in [2.45, 2.75) is 34.2 Å². The number of thiocarbonyl (C=S) groups is 1. The zero-order chi connectivity index (χ0) is 21.7. The van der Waals surface area contributed by atoms with Crippen LogP contribution in [-0.2, 0) is 11.3 Å². The van der Waals surface area contributed by atoms with Crippen molar-refractivity contribution in [2.24, 2.45) is 5.92 Å². The predicted octanol–water partition coefficient (Wildman–Crippen LogP) is 1.39. The Morgan fingerprint density at radius 2 is 2.00 bits per heavy atom. The Hall–Kier alpha value is -1.96. The predicted molar refractivity (Wildman–Crippen MR) is 126 cm³/mol. The van der Waals surface area contributed by atoms with Crippen molar-refractivity contribution in [2.75, 3.05) is 45.9 Å². The van der Waals surface area contributed by atoms with Gasteiger partial charge in [-0.1, -0.05) is 25.5 Å². The summed E-state index contributed by atoms with van der Waals surface area (Å²) in [5, 5.41) is 5.17. The van der Waals surface area contributed by atoms with Crippen LogP contribution < -0.4 is 15.8 Å². The molecule has 0 unspecified atom stereocenters. The molecule has 164 valence electrons. The van der Waals surface area contributed by atoms with E-state index in [1.807, 2.05) is 13.0 Å². The van der Waals surface area contributed by atoms with Gasteiger partial charge in [-0.25, -0.2) is 0 Å². The third-order valence-corrected chi connectivity index (χ3v) is 6.02. The quantitative estimate of drug-likeness (QED) is 0.579. The molecule has 0 bridgehead atoms. The largest absolute Gasteiger partial charge is 0.370 e. The molecule has 1 fully saturated rings. The number of pyridine rings is 1. The van der Waals surface area contributed by atoms with E-state index in [1.54, 1.807) is 0 Å². The molecule has 0 aliphatic carbocycles. The topological polar surface area (TPSA) is 61.8 Å². The van der Waals surface area contributed by atoms with Gasteiger partial charge < -0.3 is 24.8 Å². The van der Waals surface area contributed by atoms with Crippen molar-refractivity contribution in [1.29, 1.82) is 0 Å². The van der Waals surface area contributed by atoms with E-state index in [9.17, 15) is 4.79 Å². The molecule has 0 spiro atoms. The molecule has 0 amide bonds. The van der Waals surface area contributed by atoms with Crippen LogP contribution in [0.1, 0.15) is 30.5 Å². The minimum absolute atomic E-state index is 0.0372. The fraction of sp³-hybridized carbons (Fsp3) is 0.565. The number of quaternary nitrogens is 1. The second-order valence-electron chi connectivity index (χ2n) is 8.78. The van der Waals surface area contributed by atoms with Gasteiger partial charge in [-0.2, -0.15) is 0 Å². The Balaban J connectivity index is 1.80. The zero-order valence-corrected chi connectivity index (χ0v) is 19.5. The molecule has 1 saturated heterocycles. The second kappa shape index (κ2) is 10.4. The number of nitrogens with one attached hydrogen (secondary N) is 3. The third kappa shape index (κ3) is 6.03. The summed E-state index contributed by atoms with van der Waals surface area (Å²) in [6.45, 7) is 15.2. The fourth-order valence-corrected chi connectivity index (χ4v) is 4.15. The lowest BCUT2D eigenvalue weighted by Crippen LogP contribution is -3.14. The molecule has 6 nitrogen and oxygen atoms in total. The molecule has 1 aliphatic heterocycles. The van der Waals surface area contributed by atoms with E-state index in [-0.39, 0.29) is 5.56 Å². The number of aryl methyl sites for hydroxylation is 2. The van der Waals surface area contributed by atoms with Crippen molar-refractivity contribution in [1.82, 2.24) is 15.2 Å². The number of morpholine rings is 1. The number of benzene rings is 1. The van der Waals surface area contributed by atoms with Gasteiger partial charge in [-0.05, 0) is 55.1 Å². The maximum Gasteiger partial charge on any atom is 0.253 e. The Labute approximate surface area is 184 Å². The fourth-order valence-electron chi connectivity index (χ4n) is 3.91. The van der Waals surface area contributed by atoms with Gasteiger partial charge in [0.1, 0.15) is 13.1 Å². The lowest BCUT2D eigenvalue weighted by Gasteiger charge is -2.30. The molecule has 7 heteroatoms. The minimum atomic E-state index is -0.0372. The highest BCUT2D eigenvalue weighted by Gasteiger charge is 2.19. The Morgan fingerprint density at radius 3 is 2.70 bits per heavy atom. The van der Waals surface area contributed by atoms with Gasteiger partial charge in [0.25, 0.3) is 5.56 Å². The summed E-state index contributed by atoms with van der Waals surface area (Å²) >= 11 is 5.71. The van der Waals surface area contributed by atoms with Crippen LogP contribution in [0.5, 0.6) is 0 Å². The van der Waals surface area contributed by atoms with E-state index >= 15 is 0 Å². The van der Waals surface area contributed by atoms with Crippen LogP contribution in [0.4, 0.5) is 0 Å². The molecule has 2 aromatic rings. The number of nitrogens with zero attached hydrogens (tertiary/aromatic N) is 1. The minimum Gasteiger partial charge on any atom is -0.370 e. The molecule has 0 atom stereocenters. The molecular formula is C23H35N4O2S+. The summed E-state index contributed by atoms with van der Waals surface area (Å²) in [4.78, 5) is 19.6. The monoisotopic (exact) mass is 431 g/mol. The van der Waals surface area contributed by atoms with Crippen LogP contribution >= 0.6 is 12.2 Å². The number of hydrogen-bond acceptors (Lipinski definition) is 3. The Kier molecular flexibility index (Phi) is 7.86. The highest BCUT2D eigenvalue weighted by atomic mass is 32.1. The summed E-state index contributed by atoms with van der Waals surface area (Å²) in [6.07, 6.45) is 0. The highest BCUT2D eigenvalue weighted by Crippen LogP contribution is 2.18. The molecule has 1 aromatic heterocycles. The van der Waals surface area contributed by atoms with Crippen LogP contribution in [0.25, 0.3) is 10.9 Å². The first kappa shape index (κ1) is 22.7. The van der Waals surface area contributed by atoms with Crippen molar-refractivity contribution in [3.63, 3.8) is 0 Å². The SMILES string of the molecule is Cc1cc(C)c2[nH]c(=O)c(CN(CC[NH+]3CCOCC3)C(=S)NCC(C)C)cc2c1. The maximum absolute atomic E-state index is 12.8. The summed E-state index contributed by atoms with van der Waals surface area (Å²) in [7, 11) is 0. The zero-order valence-electron chi connectivity index (χ0n) is 18.6. The number of aromatic amines is 1. The lowest BCUT2D eigenvalue weighted by atomic mass is 10.1. The summed E-state index contributed by atoms with van der Waals surface area (Å²) < 4.78 is 5.47. The normalized spacial score (nSPS) is 15.0. The number of rotatable bonds is 7. The van der Waals surface area contributed by atoms with Crippen LogP contribution in [0.15, 0.2) is 23.0 Å². The molecule has 2 heterocycles. The van der Waals surface area contributed by atoms with E-state index in [2.05, 4.69) is 48.1 Å². The van der Waals surface area contributed by atoms with Gasteiger partial charge in [0.05, 0.1) is 38.4 Å². The highest BCUT2D eigenvalue weighted by molar-refractivity contribution is 7.80. The van der Waals surface area contributed by atoms with Crippen molar-refractivity contribution >= 4 is 28.2 Å². The molecule has 30 heavy (non-hydrogen) atoms. The van der Waals surface area contributed by atoms with Crippen molar-refractivity contribution in [3.05, 3.63) is 45.2 Å². The van der Waals surface area contributed by atoms with E-state index in [0.717, 1.165) is 73.1 Å². The molecule has 0 radical (unpaired) electrons. The van der Waals surface area contributed by atoms with Crippen LogP contribution in [0, 0.1) is 19.8 Å². The van der Waals surface area contributed by atoms with E-state index < -0.39 is 0 Å². The smallest absolute Gasteiger partial charge is 0.253 e. The van der Waals surface area contributed by atoms with E-state index in [1.165, 1.54) is 10.5 Å². The standard InChI is InChI=1S/C23H34N4O2S/c1-16(2)14-24-23(30)27(6-5-26-7-9-29-10-8-26)15-20-13-19-12-17(3)11-18(4)21(19)25-22(20)28/h11-13,16H,5-10,14-15H2,1-4H3,(H,24,30)(H,25,28)/p+1. The number of H-pyrrole nitrogens is 1. The van der Waals surface area contributed by atoms with Gasteiger partial charge in [0.15, 0.2) is 5.11 Å². The Morgan fingerprint density at radius 1 is 1.27 bits per heavy atom. The van der Waals surface area contributed by atoms with Crippen LogP contribution in [0.2, 0.25) is 0 Å². The van der Waals surface area contributed by atoms with Gasteiger partial charge in [0, 0.05) is 12.1 Å². The van der Waals surface area contributed by atoms with E-state index in [4.69, 9.17) is 17.0 Å². The van der Waals surface area contributed by atoms with Gasteiger partial charge in [0.2, 0.25) is 0 Å². The first-order valence-electron chi connectivity index (χ1n) is 10.9. The molecule has 3 N–H and O–H groups in total. The Bertz CT molecular complexity index is 935. The van der Waals surface area contributed by atoms with Gasteiger partial charge in [-0.15, -0.1) is 0 Å². The molecule has 1 aromatic carbocycles. The number of ether oxygens (including phenoxy) is 1. The number of fused-ring (bicyclic) bond motifs is 1. The van der Waals surface area contributed by atoms with Crippen LogP contribution in [0.3, 0.4) is 0 Å².